The fourth-order valence-electron chi connectivity index (χ4n) is 1.45. The second kappa shape index (κ2) is 6.00. The molecule has 0 radical (unpaired) electrons. The van der Waals surface area contributed by atoms with E-state index in [0.717, 1.165) is 0 Å². The minimum Gasteiger partial charge on any atom is -0.465 e. The Bertz CT molecular complexity index is 418. The monoisotopic (exact) mass is 236 g/mol. The van der Waals surface area contributed by atoms with Crippen LogP contribution in [0.25, 0.3) is 0 Å². The molecule has 0 aliphatic carbocycles. The first-order valence-corrected chi connectivity index (χ1v) is 5.20. The Labute approximate surface area is 100 Å². The minimum atomic E-state index is -0.454. The molecule has 0 atom stereocenters. The van der Waals surface area contributed by atoms with Crippen molar-refractivity contribution in [2.45, 2.75) is 0 Å². The highest BCUT2D eigenvalue weighted by Gasteiger charge is 2.17. The minimum absolute atomic E-state index is 0.121. The normalized spacial score (nSPS) is 9.82. The van der Waals surface area contributed by atoms with Crippen LogP contribution in [0.4, 0.5) is 5.69 Å². The third kappa shape index (κ3) is 3.04. The predicted molar refractivity (Wildman–Crippen MR) is 65.1 cm³/mol. The summed E-state index contributed by atoms with van der Waals surface area (Å²) in [6.07, 6.45) is 0. The van der Waals surface area contributed by atoms with Crippen LogP contribution in [0.2, 0.25) is 0 Å². The number of nitrogens with one attached hydrogen (secondary N) is 1. The van der Waals surface area contributed by atoms with Gasteiger partial charge >= 0.3 is 5.97 Å². The standard InChI is InChI=1S/C12H16N2O3/c1-13-8-11(15)14(2)10-7-5-4-6-9(10)12(16)17-3/h4-7,13H,8H2,1-3H3. The summed E-state index contributed by atoms with van der Waals surface area (Å²) in [5.74, 6) is -0.575. The van der Waals surface area contributed by atoms with Crippen molar-refractivity contribution in [3.63, 3.8) is 0 Å². The number of amides is 1. The molecule has 1 rings (SSSR count). The van der Waals surface area contributed by atoms with E-state index in [0.29, 0.717) is 11.3 Å². The van der Waals surface area contributed by atoms with Crippen LogP contribution >= 0.6 is 0 Å². The molecule has 1 amide bonds. The largest absolute Gasteiger partial charge is 0.465 e. The third-order valence-corrected chi connectivity index (χ3v) is 2.37. The zero-order chi connectivity index (χ0) is 12.8. The molecular formula is C12H16N2O3. The van der Waals surface area contributed by atoms with E-state index in [1.54, 1.807) is 38.4 Å². The van der Waals surface area contributed by atoms with Crippen LogP contribution in [-0.4, -0.2) is 39.6 Å². The highest BCUT2D eigenvalue weighted by molar-refractivity contribution is 6.02. The van der Waals surface area contributed by atoms with E-state index in [9.17, 15) is 9.59 Å². The van der Waals surface area contributed by atoms with Crippen LogP contribution in [0.15, 0.2) is 24.3 Å². The number of carbonyl (C=O) groups is 2. The van der Waals surface area contributed by atoms with Crippen LogP contribution in [0, 0.1) is 0 Å². The van der Waals surface area contributed by atoms with E-state index >= 15 is 0 Å². The first-order chi connectivity index (χ1) is 8.11. The molecule has 17 heavy (non-hydrogen) atoms. The summed E-state index contributed by atoms with van der Waals surface area (Å²) < 4.78 is 4.67. The highest BCUT2D eigenvalue weighted by Crippen LogP contribution is 2.19. The van der Waals surface area contributed by atoms with Gasteiger partial charge in [-0.2, -0.15) is 0 Å². The number of hydrogen-bond donors (Lipinski definition) is 1. The van der Waals surface area contributed by atoms with Crippen LogP contribution < -0.4 is 10.2 Å². The zero-order valence-electron chi connectivity index (χ0n) is 10.2. The van der Waals surface area contributed by atoms with Crippen LogP contribution in [-0.2, 0) is 9.53 Å². The zero-order valence-corrected chi connectivity index (χ0v) is 10.2. The molecule has 0 aliphatic heterocycles. The van der Waals surface area contributed by atoms with Crippen LogP contribution in [0.1, 0.15) is 10.4 Å². The molecule has 1 N–H and O–H groups in total. The van der Waals surface area contributed by atoms with E-state index in [-0.39, 0.29) is 12.5 Å². The lowest BCUT2D eigenvalue weighted by Crippen LogP contribution is -2.35. The molecule has 1 aromatic carbocycles. The molecule has 5 heteroatoms. The number of hydrogen-bond acceptors (Lipinski definition) is 4. The van der Waals surface area contributed by atoms with E-state index in [4.69, 9.17) is 0 Å². The van der Waals surface area contributed by atoms with Gasteiger partial charge in [0.2, 0.25) is 5.91 Å². The van der Waals surface area contributed by atoms with Crippen molar-refractivity contribution in [1.82, 2.24) is 5.32 Å². The van der Waals surface area contributed by atoms with Crippen molar-refractivity contribution in [1.29, 1.82) is 0 Å². The van der Waals surface area contributed by atoms with Gasteiger partial charge in [-0.05, 0) is 19.2 Å². The maximum absolute atomic E-state index is 11.7. The highest BCUT2D eigenvalue weighted by atomic mass is 16.5. The second-order valence-corrected chi connectivity index (χ2v) is 3.49. The SMILES string of the molecule is CNCC(=O)N(C)c1ccccc1C(=O)OC. The quantitative estimate of drug-likeness (QED) is 0.780. The number of rotatable bonds is 4. The number of methoxy groups -OCH3 is 1. The number of nitrogens with zero attached hydrogens (tertiary/aromatic N) is 1. The molecular weight excluding hydrogens is 220 g/mol. The molecule has 0 heterocycles. The number of ether oxygens (including phenoxy) is 1. The summed E-state index contributed by atoms with van der Waals surface area (Å²) in [5, 5.41) is 2.77. The number of anilines is 1. The van der Waals surface area contributed by atoms with Crippen molar-refractivity contribution in [2.75, 3.05) is 32.6 Å². The van der Waals surface area contributed by atoms with E-state index < -0.39 is 5.97 Å². The van der Waals surface area contributed by atoms with Gasteiger partial charge < -0.3 is 15.0 Å². The molecule has 1 aromatic rings. The van der Waals surface area contributed by atoms with Gasteiger partial charge in [-0.3, -0.25) is 4.79 Å². The molecule has 0 saturated carbocycles. The topological polar surface area (TPSA) is 58.6 Å². The Balaban J connectivity index is 3.04. The lowest BCUT2D eigenvalue weighted by atomic mass is 10.1. The molecule has 0 fully saturated rings. The summed E-state index contributed by atoms with van der Waals surface area (Å²) in [5.41, 5.74) is 0.918. The van der Waals surface area contributed by atoms with Crippen molar-refractivity contribution in [3.05, 3.63) is 29.8 Å². The molecule has 0 aliphatic rings. The molecule has 5 nitrogen and oxygen atoms in total. The number of carbonyl (C=O) groups excluding carboxylic acids is 2. The summed E-state index contributed by atoms with van der Waals surface area (Å²) in [7, 11) is 4.63. The van der Waals surface area contributed by atoms with Gasteiger partial charge in [0.25, 0.3) is 0 Å². The average Bonchev–Trinajstić information content (AvgIpc) is 2.37. The lowest BCUT2D eigenvalue weighted by Gasteiger charge is -2.19. The average molecular weight is 236 g/mol. The second-order valence-electron chi connectivity index (χ2n) is 3.49. The van der Waals surface area contributed by atoms with Gasteiger partial charge in [0.15, 0.2) is 0 Å². The molecule has 0 aromatic heterocycles. The van der Waals surface area contributed by atoms with Gasteiger partial charge in [-0.25, -0.2) is 4.79 Å². The Morgan fingerprint density at radius 2 is 2.00 bits per heavy atom. The van der Waals surface area contributed by atoms with Crippen molar-refractivity contribution >= 4 is 17.6 Å². The summed E-state index contributed by atoms with van der Waals surface area (Å²) in [6, 6.07) is 6.83. The fourth-order valence-corrected chi connectivity index (χ4v) is 1.45. The Morgan fingerprint density at radius 1 is 1.35 bits per heavy atom. The van der Waals surface area contributed by atoms with E-state index in [1.165, 1.54) is 12.0 Å². The van der Waals surface area contributed by atoms with Gasteiger partial charge in [-0.15, -0.1) is 0 Å². The number of benzene rings is 1. The summed E-state index contributed by atoms with van der Waals surface area (Å²) >= 11 is 0. The van der Waals surface area contributed by atoms with Crippen LogP contribution in [0.3, 0.4) is 0 Å². The Morgan fingerprint density at radius 3 is 2.59 bits per heavy atom. The lowest BCUT2D eigenvalue weighted by molar-refractivity contribution is -0.117. The number of esters is 1. The van der Waals surface area contributed by atoms with Gasteiger partial charge in [0, 0.05) is 7.05 Å². The summed E-state index contributed by atoms with van der Waals surface area (Å²) in [6.45, 7) is 0.214. The summed E-state index contributed by atoms with van der Waals surface area (Å²) in [4.78, 5) is 24.7. The fraction of sp³-hybridized carbons (Fsp3) is 0.333. The smallest absolute Gasteiger partial charge is 0.339 e. The molecule has 0 unspecified atom stereocenters. The third-order valence-electron chi connectivity index (χ3n) is 2.37. The maximum atomic E-state index is 11.7. The first-order valence-electron chi connectivity index (χ1n) is 5.20. The number of para-hydroxylation sites is 1. The Hall–Kier alpha value is -1.88. The van der Waals surface area contributed by atoms with Crippen molar-refractivity contribution < 1.29 is 14.3 Å². The predicted octanol–water partition coefficient (Wildman–Crippen LogP) is 0.655. The van der Waals surface area contributed by atoms with Crippen molar-refractivity contribution in [3.8, 4) is 0 Å². The van der Waals surface area contributed by atoms with Gasteiger partial charge in [-0.1, -0.05) is 12.1 Å². The van der Waals surface area contributed by atoms with Gasteiger partial charge in [0.1, 0.15) is 0 Å². The molecule has 0 saturated heterocycles. The van der Waals surface area contributed by atoms with Crippen molar-refractivity contribution in [2.24, 2.45) is 0 Å². The molecule has 0 bridgehead atoms. The number of likely N-dealkylation sites (N-methyl/N-ethyl adjacent to an activating group) is 2. The molecule has 0 spiro atoms. The Kier molecular flexibility index (Phi) is 4.66. The van der Waals surface area contributed by atoms with E-state index in [1.807, 2.05) is 0 Å². The molecule has 92 valence electrons. The maximum Gasteiger partial charge on any atom is 0.339 e. The van der Waals surface area contributed by atoms with Crippen LogP contribution in [0.5, 0.6) is 0 Å². The van der Waals surface area contributed by atoms with E-state index in [2.05, 4.69) is 10.1 Å². The first kappa shape index (κ1) is 13.2. The van der Waals surface area contributed by atoms with Gasteiger partial charge in [0.05, 0.1) is 24.9 Å².